The van der Waals surface area contributed by atoms with Crippen LogP contribution >= 0.6 is 23.2 Å². The Labute approximate surface area is 98.8 Å². The molecule has 0 radical (unpaired) electrons. The first-order valence-electron chi connectivity index (χ1n) is 4.92. The summed E-state index contributed by atoms with van der Waals surface area (Å²) in [6, 6.07) is 0. The van der Waals surface area contributed by atoms with Gasteiger partial charge in [0.15, 0.2) is 0 Å². The number of halogens is 2. The molecule has 0 spiro atoms. The first-order valence-corrected chi connectivity index (χ1v) is 5.68. The number of alkyl halides is 2. The van der Waals surface area contributed by atoms with E-state index in [1.165, 1.54) is 6.08 Å². The van der Waals surface area contributed by atoms with Crippen molar-refractivity contribution >= 4 is 35.0 Å². The Hall–Kier alpha value is -0.540. The maximum atomic E-state index is 11.3. The van der Waals surface area contributed by atoms with Crippen LogP contribution in [0.4, 0.5) is 0 Å². The lowest BCUT2D eigenvalue weighted by atomic mass is 10.1. The van der Waals surface area contributed by atoms with Gasteiger partial charge in [-0.1, -0.05) is 49.4 Å². The predicted octanol–water partition coefficient (Wildman–Crippen LogP) is 2.32. The van der Waals surface area contributed by atoms with Gasteiger partial charge in [0.2, 0.25) is 0 Å². The third kappa shape index (κ3) is 3.21. The quantitative estimate of drug-likeness (QED) is 0.462. The molecule has 3 nitrogen and oxygen atoms in total. The first kappa shape index (κ1) is 12.5. The molecule has 1 heterocycles. The number of amides is 2. The predicted molar refractivity (Wildman–Crippen MR) is 59.8 cm³/mol. The van der Waals surface area contributed by atoms with Gasteiger partial charge in [-0.15, -0.1) is 0 Å². The van der Waals surface area contributed by atoms with E-state index in [2.05, 4.69) is 12.2 Å². The van der Waals surface area contributed by atoms with Crippen LogP contribution in [0.15, 0.2) is 11.6 Å². The van der Waals surface area contributed by atoms with Crippen LogP contribution in [0.25, 0.3) is 0 Å². The molecule has 15 heavy (non-hydrogen) atoms. The van der Waals surface area contributed by atoms with E-state index in [1.54, 1.807) is 0 Å². The Kier molecular flexibility index (Phi) is 4.17. The second-order valence-corrected chi connectivity index (χ2v) is 5.02. The molecule has 0 aliphatic carbocycles. The van der Waals surface area contributed by atoms with Crippen LogP contribution in [0.1, 0.15) is 32.6 Å². The van der Waals surface area contributed by atoms with Crippen LogP contribution in [0.5, 0.6) is 0 Å². The summed E-state index contributed by atoms with van der Waals surface area (Å²) in [7, 11) is 0. The monoisotopic (exact) mass is 249 g/mol. The minimum atomic E-state index is -1.24. The molecule has 0 atom stereocenters. The maximum Gasteiger partial charge on any atom is 0.257 e. The first-order chi connectivity index (χ1) is 6.97. The normalized spacial score (nSPS) is 16.6. The van der Waals surface area contributed by atoms with Crippen LogP contribution in [-0.4, -0.2) is 16.1 Å². The third-order valence-electron chi connectivity index (χ3n) is 2.25. The molecule has 1 N–H and O–H groups in total. The maximum absolute atomic E-state index is 11.3. The van der Waals surface area contributed by atoms with Gasteiger partial charge in [0.05, 0.1) is 5.57 Å². The van der Waals surface area contributed by atoms with Crippen molar-refractivity contribution < 1.29 is 9.59 Å². The van der Waals surface area contributed by atoms with Crippen molar-refractivity contribution in [2.75, 3.05) is 0 Å². The largest absolute Gasteiger partial charge is 0.289 e. The number of carbonyl (C=O) groups is 2. The van der Waals surface area contributed by atoms with E-state index >= 15 is 0 Å². The van der Waals surface area contributed by atoms with Crippen molar-refractivity contribution in [3.63, 3.8) is 0 Å². The van der Waals surface area contributed by atoms with Gasteiger partial charge < -0.3 is 0 Å². The second kappa shape index (κ2) is 4.99. The van der Waals surface area contributed by atoms with Crippen molar-refractivity contribution in [2.24, 2.45) is 0 Å². The molecule has 0 bridgehead atoms. The summed E-state index contributed by atoms with van der Waals surface area (Å²) < 4.78 is -1.24. The van der Waals surface area contributed by atoms with Crippen molar-refractivity contribution in [3.05, 3.63) is 11.6 Å². The van der Waals surface area contributed by atoms with E-state index in [0.29, 0.717) is 6.42 Å². The number of hydrogen-bond donors (Lipinski definition) is 1. The standard InChI is InChI=1S/C10H13Cl2NO2/c1-2-3-4-5-10(11,12)7-6-8(14)13-9(7)15/h6H,2-5H2,1H3,(H,13,14,15). The lowest BCUT2D eigenvalue weighted by Crippen LogP contribution is -2.28. The van der Waals surface area contributed by atoms with Crippen LogP contribution in [0, 0.1) is 0 Å². The summed E-state index contributed by atoms with van der Waals surface area (Å²) in [5.74, 6) is -0.933. The topological polar surface area (TPSA) is 46.2 Å². The Morgan fingerprint density at radius 2 is 2.00 bits per heavy atom. The lowest BCUT2D eigenvalue weighted by molar-refractivity contribution is -0.123. The van der Waals surface area contributed by atoms with Crippen LogP contribution in [-0.2, 0) is 9.59 Å². The van der Waals surface area contributed by atoms with E-state index in [9.17, 15) is 9.59 Å². The van der Waals surface area contributed by atoms with Crippen LogP contribution in [0.3, 0.4) is 0 Å². The molecule has 1 aliphatic rings. The molecule has 0 saturated heterocycles. The van der Waals surface area contributed by atoms with E-state index in [4.69, 9.17) is 23.2 Å². The SMILES string of the molecule is CCCCCC(Cl)(Cl)C1=CC(=O)NC1=O. The fourth-order valence-corrected chi connectivity index (χ4v) is 1.96. The molecule has 0 fully saturated rings. The summed E-state index contributed by atoms with van der Waals surface area (Å²) in [4.78, 5) is 22.2. The number of hydrogen-bond acceptors (Lipinski definition) is 2. The number of rotatable bonds is 5. The van der Waals surface area contributed by atoms with Gasteiger partial charge in [0.1, 0.15) is 4.33 Å². The fraction of sp³-hybridized carbons (Fsp3) is 0.600. The van der Waals surface area contributed by atoms with Crippen molar-refractivity contribution in [1.82, 2.24) is 5.32 Å². The van der Waals surface area contributed by atoms with Crippen molar-refractivity contribution in [2.45, 2.75) is 36.9 Å². The summed E-state index contributed by atoms with van der Waals surface area (Å²) in [5, 5.41) is 2.12. The number of carbonyl (C=O) groups excluding carboxylic acids is 2. The molecule has 0 aromatic heterocycles. The second-order valence-electron chi connectivity index (χ2n) is 3.54. The van der Waals surface area contributed by atoms with Gasteiger partial charge in [-0.3, -0.25) is 14.9 Å². The van der Waals surface area contributed by atoms with Gasteiger partial charge >= 0.3 is 0 Å². The molecule has 0 aromatic rings. The minimum Gasteiger partial charge on any atom is -0.289 e. The van der Waals surface area contributed by atoms with E-state index < -0.39 is 16.1 Å². The Balaban J connectivity index is 2.64. The van der Waals surface area contributed by atoms with E-state index in [-0.39, 0.29) is 5.57 Å². The lowest BCUT2D eigenvalue weighted by Gasteiger charge is -2.18. The molecule has 84 valence electrons. The highest BCUT2D eigenvalue weighted by Gasteiger charge is 2.37. The van der Waals surface area contributed by atoms with Crippen molar-refractivity contribution in [1.29, 1.82) is 0 Å². The summed E-state index contributed by atoms with van der Waals surface area (Å²) in [6.07, 6.45) is 4.55. The molecule has 0 saturated carbocycles. The van der Waals surface area contributed by atoms with Crippen molar-refractivity contribution in [3.8, 4) is 0 Å². The molecule has 1 rings (SSSR count). The highest BCUT2D eigenvalue weighted by molar-refractivity contribution is 6.53. The van der Waals surface area contributed by atoms with Gasteiger partial charge in [-0.05, 0) is 6.42 Å². The van der Waals surface area contributed by atoms with Gasteiger partial charge in [-0.25, -0.2) is 0 Å². The average Bonchev–Trinajstić information content (AvgIpc) is 2.46. The number of imide groups is 1. The molecule has 2 amide bonds. The van der Waals surface area contributed by atoms with Gasteiger partial charge in [-0.2, -0.15) is 0 Å². The zero-order chi connectivity index (χ0) is 11.5. The van der Waals surface area contributed by atoms with E-state index in [1.807, 2.05) is 0 Å². The average molecular weight is 250 g/mol. The highest BCUT2D eigenvalue weighted by Crippen LogP contribution is 2.36. The van der Waals surface area contributed by atoms with Gasteiger partial charge in [0, 0.05) is 6.08 Å². The number of nitrogens with one attached hydrogen (secondary N) is 1. The minimum absolute atomic E-state index is 0.159. The Bertz CT molecular complexity index is 311. The molecule has 1 aliphatic heterocycles. The Morgan fingerprint density at radius 1 is 1.33 bits per heavy atom. The van der Waals surface area contributed by atoms with Gasteiger partial charge in [0.25, 0.3) is 11.8 Å². The van der Waals surface area contributed by atoms with Crippen LogP contribution < -0.4 is 5.32 Å². The zero-order valence-corrected chi connectivity index (χ0v) is 9.99. The summed E-state index contributed by atoms with van der Waals surface area (Å²) >= 11 is 12.0. The Morgan fingerprint density at radius 3 is 2.47 bits per heavy atom. The summed E-state index contributed by atoms with van der Waals surface area (Å²) in [5.41, 5.74) is 0.159. The molecule has 0 unspecified atom stereocenters. The zero-order valence-electron chi connectivity index (χ0n) is 8.48. The molecular weight excluding hydrogens is 237 g/mol. The summed E-state index contributed by atoms with van der Waals surface area (Å²) in [6.45, 7) is 2.06. The number of unbranched alkanes of at least 4 members (excludes halogenated alkanes) is 2. The molecule has 0 aromatic carbocycles. The van der Waals surface area contributed by atoms with Crippen LogP contribution in [0.2, 0.25) is 0 Å². The third-order valence-corrected chi connectivity index (χ3v) is 3.03. The highest BCUT2D eigenvalue weighted by atomic mass is 35.5. The fourth-order valence-electron chi connectivity index (χ4n) is 1.42. The molecule has 5 heteroatoms. The smallest absolute Gasteiger partial charge is 0.257 e. The molecular formula is C10H13Cl2NO2. The van der Waals surface area contributed by atoms with E-state index in [0.717, 1.165) is 19.3 Å².